The summed E-state index contributed by atoms with van der Waals surface area (Å²) in [7, 11) is 0. The second-order valence-electron chi connectivity index (χ2n) is 4.63. The maximum Gasteiger partial charge on any atom is 0.0513 e. The highest BCUT2D eigenvalue weighted by Gasteiger charge is 2.09. The van der Waals surface area contributed by atoms with Gasteiger partial charge in [-0.1, -0.05) is 49.7 Å². The summed E-state index contributed by atoms with van der Waals surface area (Å²) >= 11 is 1.78. The number of hydrogen-bond acceptors (Lipinski definition) is 2. The van der Waals surface area contributed by atoms with E-state index < -0.39 is 0 Å². The third-order valence-corrected chi connectivity index (χ3v) is 3.92. The highest BCUT2D eigenvalue weighted by atomic mass is 32.2. The molecule has 0 saturated heterocycles. The smallest absolute Gasteiger partial charge is 0.0513 e. The van der Waals surface area contributed by atoms with E-state index in [1.807, 2.05) is 0 Å². The van der Waals surface area contributed by atoms with E-state index in [0.717, 1.165) is 6.42 Å². The Bertz CT molecular complexity index is 496. The predicted molar refractivity (Wildman–Crippen MR) is 85.9 cm³/mol. The normalized spacial score (nSPS) is 12.1. The summed E-state index contributed by atoms with van der Waals surface area (Å²) in [5, 5.41) is 3.66. The largest absolute Gasteiger partial charge is 0.378 e. The number of rotatable bonds is 6. The molecule has 0 aliphatic rings. The lowest BCUT2D eigenvalue weighted by Gasteiger charge is -2.20. The zero-order chi connectivity index (χ0) is 13.5. The van der Waals surface area contributed by atoms with Crippen molar-refractivity contribution in [1.82, 2.24) is 0 Å². The molecular formula is C17H21NS. The van der Waals surface area contributed by atoms with Crippen molar-refractivity contribution in [3.8, 4) is 0 Å². The zero-order valence-electron chi connectivity index (χ0n) is 11.6. The van der Waals surface area contributed by atoms with Crippen molar-refractivity contribution < 1.29 is 0 Å². The molecule has 1 atom stereocenters. The van der Waals surface area contributed by atoms with Crippen LogP contribution in [0.1, 0.15) is 31.4 Å². The third kappa shape index (κ3) is 4.03. The first-order chi connectivity index (χ1) is 9.33. The van der Waals surface area contributed by atoms with Gasteiger partial charge in [0.2, 0.25) is 0 Å². The zero-order valence-corrected chi connectivity index (χ0v) is 12.4. The van der Waals surface area contributed by atoms with Crippen LogP contribution in [0.4, 0.5) is 5.69 Å². The first-order valence-electron chi connectivity index (χ1n) is 6.79. The monoisotopic (exact) mass is 271 g/mol. The molecule has 0 amide bonds. The van der Waals surface area contributed by atoms with Crippen molar-refractivity contribution in [2.24, 2.45) is 0 Å². The summed E-state index contributed by atoms with van der Waals surface area (Å²) in [4.78, 5) is 1.30. The van der Waals surface area contributed by atoms with E-state index in [-0.39, 0.29) is 0 Å². The van der Waals surface area contributed by atoms with Crippen LogP contribution in [0.15, 0.2) is 59.5 Å². The van der Waals surface area contributed by atoms with Crippen LogP contribution < -0.4 is 5.32 Å². The van der Waals surface area contributed by atoms with Crippen molar-refractivity contribution >= 4 is 17.4 Å². The van der Waals surface area contributed by atoms with Gasteiger partial charge in [0.25, 0.3) is 0 Å². The highest BCUT2D eigenvalue weighted by Crippen LogP contribution is 2.26. The van der Waals surface area contributed by atoms with Crippen LogP contribution in [0.2, 0.25) is 0 Å². The lowest BCUT2D eigenvalue weighted by Crippen LogP contribution is -2.10. The van der Waals surface area contributed by atoms with Crippen LogP contribution in [-0.4, -0.2) is 6.26 Å². The van der Waals surface area contributed by atoms with Crippen LogP contribution in [0, 0.1) is 0 Å². The fourth-order valence-electron chi connectivity index (χ4n) is 2.21. The molecule has 2 aromatic carbocycles. The number of thioether (sulfide) groups is 1. The molecule has 1 N–H and O–H groups in total. The summed E-state index contributed by atoms with van der Waals surface area (Å²) in [6, 6.07) is 19.7. The van der Waals surface area contributed by atoms with Gasteiger partial charge in [-0.2, -0.15) is 0 Å². The maximum atomic E-state index is 3.66. The van der Waals surface area contributed by atoms with E-state index in [9.17, 15) is 0 Å². The van der Waals surface area contributed by atoms with Crippen LogP contribution in [-0.2, 0) is 0 Å². The molecule has 19 heavy (non-hydrogen) atoms. The molecule has 0 aliphatic carbocycles. The highest BCUT2D eigenvalue weighted by molar-refractivity contribution is 7.98. The average Bonchev–Trinajstić information content (AvgIpc) is 2.48. The minimum atomic E-state index is 0.392. The summed E-state index contributed by atoms with van der Waals surface area (Å²) in [6.45, 7) is 2.23. The molecule has 2 rings (SSSR count). The Labute approximate surface area is 120 Å². The summed E-state index contributed by atoms with van der Waals surface area (Å²) in [5.74, 6) is 0. The molecule has 1 unspecified atom stereocenters. The van der Waals surface area contributed by atoms with Gasteiger partial charge in [-0.25, -0.2) is 0 Å². The molecule has 0 heterocycles. The van der Waals surface area contributed by atoms with Gasteiger partial charge >= 0.3 is 0 Å². The van der Waals surface area contributed by atoms with Crippen LogP contribution in [0.5, 0.6) is 0 Å². The van der Waals surface area contributed by atoms with E-state index in [4.69, 9.17) is 0 Å². The Hall–Kier alpha value is -1.41. The van der Waals surface area contributed by atoms with Crippen LogP contribution in [0.3, 0.4) is 0 Å². The molecule has 1 nitrogen and oxygen atoms in total. The van der Waals surface area contributed by atoms with Gasteiger partial charge in [-0.3, -0.25) is 0 Å². The second-order valence-corrected chi connectivity index (χ2v) is 5.51. The lowest BCUT2D eigenvalue weighted by molar-refractivity contribution is 0.677. The van der Waals surface area contributed by atoms with Crippen molar-refractivity contribution in [2.45, 2.75) is 30.7 Å². The number of anilines is 1. The van der Waals surface area contributed by atoms with Crippen molar-refractivity contribution in [3.05, 3.63) is 60.2 Å². The number of benzene rings is 2. The molecule has 0 radical (unpaired) electrons. The number of nitrogens with one attached hydrogen (secondary N) is 1. The Morgan fingerprint density at radius 1 is 1.05 bits per heavy atom. The van der Waals surface area contributed by atoms with E-state index in [2.05, 4.69) is 73.1 Å². The summed E-state index contributed by atoms with van der Waals surface area (Å²) in [5.41, 5.74) is 2.56. The molecule has 2 aromatic rings. The van der Waals surface area contributed by atoms with Gasteiger partial charge < -0.3 is 5.32 Å². The van der Waals surface area contributed by atoms with Crippen LogP contribution in [0.25, 0.3) is 0 Å². The minimum Gasteiger partial charge on any atom is -0.378 e. The molecule has 0 fully saturated rings. The van der Waals surface area contributed by atoms with E-state index in [1.54, 1.807) is 11.8 Å². The van der Waals surface area contributed by atoms with Crippen molar-refractivity contribution in [2.75, 3.05) is 11.6 Å². The fourth-order valence-corrected chi connectivity index (χ4v) is 2.67. The topological polar surface area (TPSA) is 12.0 Å². The Balaban J connectivity index is 2.16. The SMILES string of the molecule is CCCC(Nc1cccc(SC)c1)c1ccccc1. The summed E-state index contributed by atoms with van der Waals surface area (Å²) < 4.78 is 0. The van der Waals surface area contributed by atoms with Crippen molar-refractivity contribution in [1.29, 1.82) is 0 Å². The van der Waals surface area contributed by atoms with Gasteiger partial charge in [0, 0.05) is 10.6 Å². The first kappa shape index (κ1) is 14.0. The molecule has 0 aromatic heterocycles. The first-order valence-corrected chi connectivity index (χ1v) is 8.01. The minimum absolute atomic E-state index is 0.392. The quantitative estimate of drug-likeness (QED) is 0.710. The fraction of sp³-hybridized carbons (Fsp3) is 0.294. The van der Waals surface area contributed by atoms with Crippen LogP contribution >= 0.6 is 11.8 Å². The Kier molecular flexibility index (Phi) is 5.34. The molecule has 0 saturated carbocycles. The Morgan fingerprint density at radius 2 is 1.84 bits per heavy atom. The maximum absolute atomic E-state index is 3.66. The third-order valence-electron chi connectivity index (χ3n) is 3.19. The average molecular weight is 271 g/mol. The Morgan fingerprint density at radius 3 is 2.53 bits per heavy atom. The lowest BCUT2D eigenvalue weighted by atomic mass is 10.0. The molecule has 0 bridgehead atoms. The van der Waals surface area contributed by atoms with Crippen molar-refractivity contribution in [3.63, 3.8) is 0 Å². The van der Waals surface area contributed by atoms with Gasteiger partial charge in [0.15, 0.2) is 0 Å². The van der Waals surface area contributed by atoms with Gasteiger partial charge in [-0.05, 0) is 36.4 Å². The van der Waals surface area contributed by atoms with E-state index in [1.165, 1.54) is 22.6 Å². The number of hydrogen-bond donors (Lipinski definition) is 1. The van der Waals surface area contributed by atoms with E-state index in [0.29, 0.717) is 6.04 Å². The molecular weight excluding hydrogens is 250 g/mol. The molecule has 0 aliphatic heterocycles. The molecule has 0 spiro atoms. The van der Waals surface area contributed by atoms with Gasteiger partial charge in [0.05, 0.1) is 6.04 Å². The summed E-state index contributed by atoms with van der Waals surface area (Å²) in [6.07, 6.45) is 4.43. The van der Waals surface area contributed by atoms with E-state index >= 15 is 0 Å². The molecule has 2 heteroatoms. The second kappa shape index (κ2) is 7.25. The van der Waals surface area contributed by atoms with Gasteiger partial charge in [-0.15, -0.1) is 11.8 Å². The molecule has 100 valence electrons. The van der Waals surface area contributed by atoms with Gasteiger partial charge in [0.1, 0.15) is 0 Å². The standard InChI is InChI=1S/C17H21NS/c1-3-8-17(14-9-5-4-6-10-14)18-15-11-7-12-16(13-15)19-2/h4-7,9-13,17-18H,3,8H2,1-2H3. The predicted octanol–water partition coefficient (Wildman–Crippen LogP) is 5.36.